The Labute approximate surface area is 126 Å². The predicted octanol–water partition coefficient (Wildman–Crippen LogP) is 2.53. The minimum absolute atomic E-state index is 0.0496. The predicted molar refractivity (Wildman–Crippen MR) is 72.1 cm³/mol. The first-order valence-electron chi connectivity index (χ1n) is 6.48. The van der Waals surface area contributed by atoms with Gasteiger partial charge in [0.1, 0.15) is 5.82 Å². The van der Waals surface area contributed by atoms with E-state index < -0.39 is 38.6 Å². The molecule has 0 aliphatic rings. The Hall–Kier alpha value is -1.19. The monoisotopic (exact) mass is 343 g/mol. The lowest BCUT2D eigenvalue weighted by atomic mass is 10.1. The number of aliphatic hydroxyl groups excluding tert-OH is 1. The van der Waals surface area contributed by atoms with Crippen LogP contribution in [0.15, 0.2) is 23.1 Å². The average Bonchev–Trinajstić information content (AvgIpc) is 2.34. The number of rotatable bonds is 6. The summed E-state index contributed by atoms with van der Waals surface area (Å²) in [5.74, 6) is -1.74. The molecule has 126 valence electrons. The smallest absolute Gasteiger partial charge is 0.393 e. The van der Waals surface area contributed by atoms with Crippen molar-refractivity contribution < 1.29 is 31.1 Å². The second kappa shape index (κ2) is 6.93. The van der Waals surface area contributed by atoms with Crippen LogP contribution in [-0.4, -0.2) is 26.2 Å². The van der Waals surface area contributed by atoms with Crippen molar-refractivity contribution in [2.45, 2.75) is 37.4 Å². The zero-order valence-corrected chi connectivity index (χ0v) is 12.8. The molecule has 4 nitrogen and oxygen atoms in total. The molecular formula is C13H17F4NO3S. The molecular weight excluding hydrogens is 326 g/mol. The van der Waals surface area contributed by atoms with E-state index >= 15 is 0 Å². The lowest BCUT2D eigenvalue weighted by Crippen LogP contribution is -2.30. The van der Waals surface area contributed by atoms with Gasteiger partial charge in [0, 0.05) is 6.54 Å². The Morgan fingerprint density at radius 2 is 1.86 bits per heavy atom. The number of hydrogen-bond acceptors (Lipinski definition) is 3. The van der Waals surface area contributed by atoms with Gasteiger partial charge in [-0.05, 0) is 37.5 Å². The van der Waals surface area contributed by atoms with E-state index in [1.165, 1.54) is 0 Å². The van der Waals surface area contributed by atoms with Gasteiger partial charge in [0.15, 0.2) is 0 Å². The summed E-state index contributed by atoms with van der Waals surface area (Å²) in [6, 6.07) is 1.50. The summed E-state index contributed by atoms with van der Waals surface area (Å²) in [5, 5.41) is 9.18. The van der Waals surface area contributed by atoms with Crippen molar-refractivity contribution in [3.8, 4) is 0 Å². The molecule has 0 amide bonds. The van der Waals surface area contributed by atoms with E-state index in [2.05, 4.69) is 4.72 Å². The first-order chi connectivity index (χ1) is 9.93. The lowest BCUT2D eigenvalue weighted by Gasteiger charge is -2.15. The first-order valence-corrected chi connectivity index (χ1v) is 7.96. The van der Waals surface area contributed by atoms with Crippen LogP contribution in [0.4, 0.5) is 17.6 Å². The number of hydrogen-bond donors (Lipinski definition) is 2. The molecule has 0 aromatic heterocycles. The highest BCUT2D eigenvalue weighted by Crippen LogP contribution is 2.32. The number of aliphatic hydroxyl groups is 1. The van der Waals surface area contributed by atoms with Crippen molar-refractivity contribution in [1.82, 2.24) is 4.72 Å². The van der Waals surface area contributed by atoms with E-state index in [0.29, 0.717) is 12.5 Å². The number of alkyl halides is 3. The molecule has 0 aliphatic heterocycles. The molecule has 2 unspecified atom stereocenters. The fourth-order valence-corrected chi connectivity index (χ4v) is 3.08. The van der Waals surface area contributed by atoms with Gasteiger partial charge in [0.25, 0.3) is 0 Å². The largest absolute Gasteiger partial charge is 0.419 e. The minimum atomic E-state index is -4.98. The van der Waals surface area contributed by atoms with Crippen LogP contribution < -0.4 is 4.72 Å². The van der Waals surface area contributed by atoms with Gasteiger partial charge >= 0.3 is 6.18 Å². The van der Waals surface area contributed by atoms with Crippen molar-refractivity contribution in [3.63, 3.8) is 0 Å². The SMILES string of the molecule is CC(O)CC(C)CNS(=O)(=O)c1ccc(F)c(C(F)(F)F)c1. The molecule has 0 saturated heterocycles. The molecule has 0 saturated carbocycles. The summed E-state index contributed by atoms with van der Waals surface area (Å²) in [4.78, 5) is -0.662. The van der Waals surface area contributed by atoms with E-state index in [0.717, 1.165) is 6.07 Å². The summed E-state index contributed by atoms with van der Waals surface area (Å²) in [7, 11) is -4.19. The van der Waals surface area contributed by atoms with Crippen LogP contribution >= 0.6 is 0 Å². The summed E-state index contributed by atoms with van der Waals surface area (Å²) in [6.45, 7) is 3.17. The van der Waals surface area contributed by atoms with Crippen LogP contribution in [-0.2, 0) is 16.2 Å². The molecule has 0 aliphatic carbocycles. The molecule has 0 spiro atoms. The van der Waals surface area contributed by atoms with Gasteiger partial charge in [-0.3, -0.25) is 0 Å². The van der Waals surface area contributed by atoms with Crippen LogP contribution in [0.5, 0.6) is 0 Å². The number of benzene rings is 1. The second-order valence-electron chi connectivity index (χ2n) is 5.18. The Morgan fingerprint density at radius 3 is 2.36 bits per heavy atom. The highest BCUT2D eigenvalue weighted by Gasteiger charge is 2.35. The maximum absolute atomic E-state index is 13.1. The number of halogens is 4. The van der Waals surface area contributed by atoms with Crippen LogP contribution in [0.1, 0.15) is 25.8 Å². The molecule has 2 N–H and O–H groups in total. The Balaban J connectivity index is 2.95. The summed E-state index contributed by atoms with van der Waals surface area (Å²) >= 11 is 0. The first kappa shape index (κ1) is 18.9. The van der Waals surface area contributed by atoms with Crippen molar-refractivity contribution >= 4 is 10.0 Å². The van der Waals surface area contributed by atoms with Crippen molar-refractivity contribution in [2.75, 3.05) is 6.54 Å². The minimum Gasteiger partial charge on any atom is -0.393 e. The molecule has 9 heteroatoms. The van der Waals surface area contributed by atoms with Crippen LogP contribution in [0, 0.1) is 11.7 Å². The zero-order valence-electron chi connectivity index (χ0n) is 12.0. The fourth-order valence-electron chi connectivity index (χ4n) is 1.89. The van der Waals surface area contributed by atoms with Crippen LogP contribution in [0.25, 0.3) is 0 Å². The van der Waals surface area contributed by atoms with Gasteiger partial charge in [0.2, 0.25) is 10.0 Å². The summed E-state index contributed by atoms with van der Waals surface area (Å²) in [6.07, 6.45) is -5.27. The third kappa shape index (κ3) is 5.22. The standard InChI is InChI=1S/C13H17F4NO3S/c1-8(5-9(2)19)7-18-22(20,21)10-3-4-12(14)11(6-10)13(15,16)17/h3-4,6,8-9,18-19H,5,7H2,1-2H3. The molecule has 22 heavy (non-hydrogen) atoms. The molecule has 2 atom stereocenters. The van der Waals surface area contributed by atoms with E-state index in [1.807, 2.05) is 0 Å². The zero-order chi connectivity index (χ0) is 17.1. The highest BCUT2D eigenvalue weighted by molar-refractivity contribution is 7.89. The summed E-state index contributed by atoms with van der Waals surface area (Å²) in [5.41, 5.74) is -1.63. The molecule has 1 aromatic carbocycles. The van der Waals surface area contributed by atoms with E-state index in [1.54, 1.807) is 13.8 Å². The third-order valence-electron chi connectivity index (χ3n) is 2.92. The topological polar surface area (TPSA) is 66.4 Å². The highest BCUT2D eigenvalue weighted by atomic mass is 32.2. The van der Waals surface area contributed by atoms with E-state index in [9.17, 15) is 31.1 Å². The van der Waals surface area contributed by atoms with Gasteiger partial charge in [0.05, 0.1) is 16.6 Å². The molecule has 0 heterocycles. The lowest BCUT2D eigenvalue weighted by molar-refractivity contribution is -0.140. The third-order valence-corrected chi connectivity index (χ3v) is 4.34. The van der Waals surface area contributed by atoms with Crippen LogP contribution in [0.2, 0.25) is 0 Å². The maximum Gasteiger partial charge on any atom is 0.419 e. The molecule has 0 bridgehead atoms. The fraction of sp³-hybridized carbons (Fsp3) is 0.538. The van der Waals surface area contributed by atoms with Gasteiger partial charge in [-0.1, -0.05) is 6.92 Å². The Morgan fingerprint density at radius 1 is 1.27 bits per heavy atom. The molecule has 0 radical (unpaired) electrons. The van der Waals surface area contributed by atoms with Gasteiger partial charge < -0.3 is 5.11 Å². The van der Waals surface area contributed by atoms with Gasteiger partial charge in [-0.15, -0.1) is 0 Å². The second-order valence-corrected chi connectivity index (χ2v) is 6.95. The maximum atomic E-state index is 13.1. The number of sulfonamides is 1. The van der Waals surface area contributed by atoms with Crippen molar-refractivity contribution in [1.29, 1.82) is 0 Å². The normalized spacial score (nSPS) is 15.6. The summed E-state index contributed by atoms with van der Waals surface area (Å²) < 4.78 is 77.0. The average molecular weight is 343 g/mol. The van der Waals surface area contributed by atoms with Gasteiger partial charge in [-0.2, -0.15) is 13.2 Å². The molecule has 1 aromatic rings. The Bertz CT molecular complexity index is 614. The van der Waals surface area contributed by atoms with Gasteiger partial charge in [-0.25, -0.2) is 17.5 Å². The quantitative estimate of drug-likeness (QED) is 0.780. The van der Waals surface area contributed by atoms with Crippen molar-refractivity contribution in [2.24, 2.45) is 5.92 Å². The van der Waals surface area contributed by atoms with Crippen molar-refractivity contribution in [3.05, 3.63) is 29.6 Å². The van der Waals surface area contributed by atoms with Crippen LogP contribution in [0.3, 0.4) is 0 Å². The molecule has 0 fully saturated rings. The Kier molecular flexibility index (Phi) is 5.94. The van der Waals surface area contributed by atoms with E-state index in [-0.39, 0.29) is 18.5 Å². The molecule has 1 rings (SSSR count). The number of nitrogens with one attached hydrogen (secondary N) is 1. The van der Waals surface area contributed by atoms with E-state index in [4.69, 9.17) is 0 Å².